The van der Waals surface area contributed by atoms with Gasteiger partial charge < -0.3 is 15.0 Å². The monoisotopic (exact) mass is 254 g/mol. The molecule has 0 spiro atoms. The summed E-state index contributed by atoms with van der Waals surface area (Å²) in [4.78, 5) is 21.4. The van der Waals surface area contributed by atoms with Gasteiger partial charge in [0.2, 0.25) is 0 Å². The van der Waals surface area contributed by atoms with Crippen LogP contribution in [-0.2, 0) is 16.6 Å². The Morgan fingerprint density at radius 2 is 1.94 bits per heavy atom. The minimum atomic E-state index is -1.50. The van der Waals surface area contributed by atoms with Crippen LogP contribution in [0.4, 0.5) is 5.82 Å². The molecule has 1 amide bonds. The van der Waals surface area contributed by atoms with E-state index in [0.29, 0.717) is 5.82 Å². The highest BCUT2D eigenvalue weighted by atomic mass is 35.5. The third-order valence-electron chi connectivity index (χ3n) is 2.39. The Labute approximate surface area is 103 Å². The molecule has 1 heterocycles. The van der Waals surface area contributed by atoms with Gasteiger partial charge in [-0.25, -0.2) is 4.79 Å². The second kappa shape index (κ2) is 4.88. The molecule has 0 fully saturated rings. The molecule has 0 radical (unpaired) electrons. The van der Waals surface area contributed by atoms with Gasteiger partial charge in [0.1, 0.15) is 5.82 Å². The summed E-state index contributed by atoms with van der Waals surface area (Å²) in [6, 6.07) is 9.28. The Hall–Kier alpha value is -2.01. The van der Waals surface area contributed by atoms with Gasteiger partial charge in [0.25, 0.3) is 0 Å². The predicted molar refractivity (Wildman–Crippen MR) is 66.4 cm³/mol. The van der Waals surface area contributed by atoms with Crippen molar-refractivity contribution in [1.82, 2.24) is 4.57 Å². The van der Waals surface area contributed by atoms with Crippen LogP contribution < -0.4 is 5.32 Å². The maximum atomic E-state index is 11.0. The average molecular weight is 255 g/mol. The number of halogens is 1. The number of benzene rings is 1. The first-order valence-electron chi connectivity index (χ1n) is 4.68. The Balaban J connectivity index is 0.00000144. The van der Waals surface area contributed by atoms with E-state index in [1.807, 2.05) is 24.3 Å². The molecule has 2 aromatic rings. The molecule has 2 rings (SSSR count). The van der Waals surface area contributed by atoms with Gasteiger partial charge in [-0.3, -0.25) is 4.79 Å². The molecule has 0 aliphatic carbocycles. The summed E-state index contributed by atoms with van der Waals surface area (Å²) in [6.45, 7) is 0. The van der Waals surface area contributed by atoms with Crippen molar-refractivity contribution in [3.63, 3.8) is 0 Å². The molecule has 2 N–H and O–H groups in total. The van der Waals surface area contributed by atoms with Crippen molar-refractivity contribution in [2.75, 3.05) is 5.32 Å². The molecule has 1 aromatic heterocycles. The number of aliphatic carboxylic acids is 1. The highest BCUT2D eigenvalue weighted by molar-refractivity contribution is 6.36. The van der Waals surface area contributed by atoms with E-state index in [4.69, 9.17) is 5.11 Å². The van der Waals surface area contributed by atoms with Crippen molar-refractivity contribution < 1.29 is 14.7 Å². The van der Waals surface area contributed by atoms with Gasteiger partial charge >= 0.3 is 11.9 Å². The van der Waals surface area contributed by atoms with Crippen LogP contribution in [0.2, 0.25) is 0 Å². The lowest BCUT2D eigenvalue weighted by Crippen LogP contribution is -2.22. The molecular formula is C11H11ClN2O3. The molecule has 0 bridgehead atoms. The lowest BCUT2D eigenvalue weighted by molar-refractivity contribution is -0.147. The van der Waals surface area contributed by atoms with E-state index >= 15 is 0 Å². The number of aromatic nitrogens is 1. The van der Waals surface area contributed by atoms with Crippen molar-refractivity contribution in [2.24, 2.45) is 7.05 Å². The number of amides is 1. The number of aryl methyl sites for hydroxylation is 1. The first-order valence-corrected chi connectivity index (χ1v) is 4.68. The third-order valence-corrected chi connectivity index (χ3v) is 2.39. The molecule has 0 unspecified atom stereocenters. The minimum absolute atomic E-state index is 0. The van der Waals surface area contributed by atoms with Gasteiger partial charge in [0.05, 0.1) is 0 Å². The standard InChI is InChI=1S/C11H10N2O3.ClH/c1-13-8-5-3-2-4-7(8)6-9(13)12-10(14)11(15)16;/h2-6H,1H3,(H,12,14)(H,15,16);1H. The number of anilines is 1. The number of carboxylic acids is 1. The van der Waals surface area contributed by atoms with E-state index in [-0.39, 0.29) is 12.4 Å². The lowest BCUT2D eigenvalue weighted by Gasteiger charge is -2.03. The molecule has 90 valence electrons. The number of nitrogens with one attached hydrogen (secondary N) is 1. The normalized spacial score (nSPS) is 9.71. The Bertz CT molecular complexity index is 577. The van der Waals surface area contributed by atoms with Crippen LogP contribution >= 0.6 is 12.4 Å². The van der Waals surface area contributed by atoms with E-state index in [2.05, 4.69) is 5.32 Å². The molecule has 0 saturated carbocycles. The van der Waals surface area contributed by atoms with E-state index in [0.717, 1.165) is 10.9 Å². The number of carbonyl (C=O) groups excluding carboxylic acids is 1. The second-order valence-corrected chi connectivity index (χ2v) is 3.41. The molecule has 6 heteroatoms. The summed E-state index contributed by atoms with van der Waals surface area (Å²) in [5, 5.41) is 11.8. The van der Waals surface area contributed by atoms with Crippen molar-refractivity contribution in [3.05, 3.63) is 30.3 Å². The molecule has 1 aromatic carbocycles. The van der Waals surface area contributed by atoms with E-state index in [1.165, 1.54) is 0 Å². The SMILES string of the molecule is Cl.Cn1c(NC(=O)C(=O)O)cc2ccccc21. The van der Waals surface area contributed by atoms with E-state index in [9.17, 15) is 9.59 Å². The molecule has 0 atom stereocenters. The van der Waals surface area contributed by atoms with Gasteiger partial charge in [-0.2, -0.15) is 0 Å². The van der Waals surface area contributed by atoms with Crippen molar-refractivity contribution in [3.8, 4) is 0 Å². The topological polar surface area (TPSA) is 71.3 Å². The van der Waals surface area contributed by atoms with Crippen LogP contribution in [0.25, 0.3) is 10.9 Å². The largest absolute Gasteiger partial charge is 0.474 e. The van der Waals surface area contributed by atoms with E-state index in [1.54, 1.807) is 17.7 Å². The van der Waals surface area contributed by atoms with Crippen LogP contribution in [0.1, 0.15) is 0 Å². The fourth-order valence-electron chi connectivity index (χ4n) is 1.58. The van der Waals surface area contributed by atoms with Crippen LogP contribution in [0.5, 0.6) is 0 Å². The molecular weight excluding hydrogens is 244 g/mol. The zero-order chi connectivity index (χ0) is 11.7. The summed E-state index contributed by atoms with van der Waals surface area (Å²) in [5.74, 6) is -2.07. The van der Waals surface area contributed by atoms with Gasteiger partial charge in [-0.05, 0) is 12.1 Å². The number of carbonyl (C=O) groups is 2. The fourth-order valence-corrected chi connectivity index (χ4v) is 1.58. The fraction of sp³-hybridized carbons (Fsp3) is 0.0909. The highest BCUT2D eigenvalue weighted by Gasteiger charge is 2.14. The summed E-state index contributed by atoms with van der Waals surface area (Å²) in [7, 11) is 1.76. The first-order chi connectivity index (χ1) is 7.59. The summed E-state index contributed by atoms with van der Waals surface area (Å²) >= 11 is 0. The molecule has 5 nitrogen and oxygen atoms in total. The number of para-hydroxylation sites is 1. The summed E-state index contributed by atoms with van der Waals surface area (Å²) < 4.78 is 1.73. The van der Waals surface area contributed by atoms with Crippen molar-refractivity contribution in [2.45, 2.75) is 0 Å². The van der Waals surface area contributed by atoms with Gasteiger partial charge in [-0.15, -0.1) is 12.4 Å². The van der Waals surface area contributed by atoms with Gasteiger partial charge in [-0.1, -0.05) is 18.2 Å². The Morgan fingerprint density at radius 1 is 1.29 bits per heavy atom. The van der Waals surface area contributed by atoms with Crippen LogP contribution in [0.15, 0.2) is 30.3 Å². The van der Waals surface area contributed by atoms with Crippen LogP contribution in [0, 0.1) is 0 Å². The molecule has 0 aliphatic rings. The lowest BCUT2D eigenvalue weighted by atomic mass is 10.2. The maximum absolute atomic E-state index is 11.0. The average Bonchev–Trinajstić information content (AvgIpc) is 2.56. The highest BCUT2D eigenvalue weighted by Crippen LogP contribution is 2.21. The van der Waals surface area contributed by atoms with Crippen molar-refractivity contribution >= 4 is 41.0 Å². The number of hydrogen-bond donors (Lipinski definition) is 2. The van der Waals surface area contributed by atoms with Crippen LogP contribution in [0.3, 0.4) is 0 Å². The zero-order valence-electron chi connectivity index (χ0n) is 9.01. The molecule has 0 saturated heterocycles. The molecule has 0 aliphatic heterocycles. The van der Waals surface area contributed by atoms with Gasteiger partial charge in [0.15, 0.2) is 0 Å². The quantitative estimate of drug-likeness (QED) is 0.760. The van der Waals surface area contributed by atoms with Crippen LogP contribution in [-0.4, -0.2) is 21.6 Å². The number of hydrogen-bond acceptors (Lipinski definition) is 2. The number of carboxylic acid groups (broad SMARTS) is 1. The van der Waals surface area contributed by atoms with Gasteiger partial charge in [0, 0.05) is 18.0 Å². The van der Waals surface area contributed by atoms with E-state index < -0.39 is 11.9 Å². The predicted octanol–water partition coefficient (Wildman–Crippen LogP) is 1.62. The summed E-state index contributed by atoms with van der Waals surface area (Å²) in [5.41, 5.74) is 0.934. The minimum Gasteiger partial charge on any atom is -0.474 e. The number of rotatable bonds is 1. The Morgan fingerprint density at radius 3 is 2.53 bits per heavy atom. The smallest absolute Gasteiger partial charge is 0.394 e. The Kier molecular flexibility index (Phi) is 3.75. The number of fused-ring (bicyclic) bond motifs is 1. The van der Waals surface area contributed by atoms with Crippen molar-refractivity contribution in [1.29, 1.82) is 0 Å². The first kappa shape index (κ1) is 13.1. The summed E-state index contributed by atoms with van der Waals surface area (Å²) in [6.07, 6.45) is 0. The zero-order valence-corrected chi connectivity index (χ0v) is 9.82. The molecule has 17 heavy (non-hydrogen) atoms. The maximum Gasteiger partial charge on any atom is 0.394 e. The number of nitrogens with zero attached hydrogens (tertiary/aromatic N) is 1. The second-order valence-electron chi connectivity index (χ2n) is 3.41. The third kappa shape index (κ3) is 2.39.